The number of carbonyl (C=O) groups excluding carboxylic acids is 1. The van der Waals surface area contributed by atoms with Gasteiger partial charge in [-0.3, -0.25) is 4.79 Å². The number of para-hydroxylation sites is 1. The van der Waals surface area contributed by atoms with E-state index in [1.165, 1.54) is 16.4 Å². The zero-order valence-electron chi connectivity index (χ0n) is 17.0. The highest BCUT2D eigenvalue weighted by molar-refractivity contribution is 7.89. The first kappa shape index (κ1) is 21.5. The number of halogens is 1. The summed E-state index contributed by atoms with van der Waals surface area (Å²) >= 11 is 0. The second-order valence-corrected chi connectivity index (χ2v) is 9.75. The molecule has 1 aliphatic rings. The van der Waals surface area contributed by atoms with Crippen molar-refractivity contribution in [2.24, 2.45) is 5.92 Å². The van der Waals surface area contributed by atoms with Crippen LogP contribution in [0.2, 0.25) is 0 Å². The normalized spacial score (nSPS) is 16.2. The molecule has 0 aliphatic carbocycles. The Morgan fingerprint density at radius 2 is 1.72 bits per heavy atom. The van der Waals surface area contributed by atoms with Crippen molar-refractivity contribution in [3.63, 3.8) is 0 Å². The fraction of sp³-hybridized carbons (Fsp3) is 0.409. The molecule has 29 heavy (non-hydrogen) atoms. The first-order chi connectivity index (χ1) is 13.7. The molecule has 2 aromatic rings. The Hall–Kier alpha value is -2.25. The van der Waals surface area contributed by atoms with Crippen molar-refractivity contribution in [3.05, 3.63) is 59.4 Å². The summed E-state index contributed by atoms with van der Waals surface area (Å²) in [4.78, 5) is 12.9. The van der Waals surface area contributed by atoms with Gasteiger partial charge in [-0.15, -0.1) is 0 Å². The number of aryl methyl sites for hydroxylation is 1. The summed E-state index contributed by atoms with van der Waals surface area (Å²) in [6.07, 6.45) is 0.907. The van der Waals surface area contributed by atoms with Crippen LogP contribution in [0.1, 0.15) is 43.7 Å². The molecule has 0 unspecified atom stereocenters. The predicted molar refractivity (Wildman–Crippen MR) is 112 cm³/mol. The van der Waals surface area contributed by atoms with E-state index in [1.807, 2.05) is 25.1 Å². The van der Waals surface area contributed by atoms with E-state index in [0.717, 1.165) is 28.9 Å². The van der Waals surface area contributed by atoms with Crippen LogP contribution in [0.25, 0.3) is 0 Å². The van der Waals surface area contributed by atoms with Crippen molar-refractivity contribution in [1.82, 2.24) is 4.31 Å². The smallest absolute Gasteiger partial charge is 0.243 e. The van der Waals surface area contributed by atoms with Crippen LogP contribution in [0.5, 0.6) is 0 Å². The zero-order valence-corrected chi connectivity index (χ0v) is 17.8. The van der Waals surface area contributed by atoms with E-state index in [0.29, 0.717) is 12.8 Å². The lowest BCUT2D eigenvalue weighted by Crippen LogP contribution is -2.41. The van der Waals surface area contributed by atoms with Gasteiger partial charge in [0.25, 0.3) is 0 Å². The molecule has 1 amide bonds. The number of rotatable bonds is 5. The van der Waals surface area contributed by atoms with Crippen molar-refractivity contribution in [3.8, 4) is 0 Å². The van der Waals surface area contributed by atoms with Crippen molar-refractivity contribution in [2.75, 3.05) is 18.4 Å². The van der Waals surface area contributed by atoms with Gasteiger partial charge in [0.2, 0.25) is 15.9 Å². The second kappa shape index (κ2) is 8.63. The van der Waals surface area contributed by atoms with Gasteiger partial charge in [0, 0.05) is 24.7 Å². The van der Waals surface area contributed by atoms with Crippen LogP contribution < -0.4 is 5.32 Å². The lowest BCUT2D eigenvalue weighted by molar-refractivity contribution is -0.120. The molecular weight excluding hydrogens is 391 g/mol. The monoisotopic (exact) mass is 418 g/mol. The summed E-state index contributed by atoms with van der Waals surface area (Å²) < 4.78 is 39.9. The van der Waals surface area contributed by atoms with E-state index in [2.05, 4.69) is 19.2 Å². The molecule has 7 heteroatoms. The van der Waals surface area contributed by atoms with Crippen LogP contribution in [0, 0.1) is 18.7 Å². The molecule has 2 aromatic carbocycles. The number of carbonyl (C=O) groups is 1. The SMILES string of the molecule is Cc1cccc(C(C)C)c1NC(=O)C1CCN(S(=O)(=O)c2ccc(F)cc2)CC1. The average molecular weight is 419 g/mol. The van der Waals surface area contributed by atoms with Crippen molar-refractivity contribution in [2.45, 2.75) is 44.4 Å². The highest BCUT2D eigenvalue weighted by Crippen LogP contribution is 2.30. The maximum atomic E-state index is 13.1. The van der Waals surface area contributed by atoms with Gasteiger partial charge in [-0.05, 0) is 61.1 Å². The van der Waals surface area contributed by atoms with E-state index in [9.17, 15) is 17.6 Å². The molecule has 0 bridgehead atoms. The summed E-state index contributed by atoms with van der Waals surface area (Å²) in [5.41, 5.74) is 2.96. The van der Waals surface area contributed by atoms with Crippen LogP contribution >= 0.6 is 0 Å². The van der Waals surface area contributed by atoms with Gasteiger partial charge in [0.1, 0.15) is 5.82 Å². The molecule has 1 fully saturated rings. The van der Waals surface area contributed by atoms with Crippen molar-refractivity contribution >= 4 is 21.6 Å². The molecule has 0 atom stereocenters. The molecule has 1 N–H and O–H groups in total. The van der Waals surface area contributed by atoms with Crippen molar-refractivity contribution in [1.29, 1.82) is 0 Å². The maximum Gasteiger partial charge on any atom is 0.243 e. The van der Waals surface area contributed by atoms with Gasteiger partial charge < -0.3 is 5.32 Å². The number of sulfonamides is 1. The third kappa shape index (κ3) is 4.67. The van der Waals surface area contributed by atoms with Gasteiger partial charge >= 0.3 is 0 Å². The molecule has 1 aliphatic heterocycles. The molecule has 156 valence electrons. The van der Waals surface area contributed by atoms with E-state index in [-0.39, 0.29) is 35.7 Å². The average Bonchev–Trinajstić information content (AvgIpc) is 2.69. The lowest BCUT2D eigenvalue weighted by atomic mass is 9.95. The van der Waals surface area contributed by atoms with Crippen LogP contribution in [0.4, 0.5) is 10.1 Å². The highest BCUT2D eigenvalue weighted by atomic mass is 32.2. The number of nitrogens with one attached hydrogen (secondary N) is 1. The Labute approximate surface area is 172 Å². The van der Waals surface area contributed by atoms with Crippen molar-refractivity contribution < 1.29 is 17.6 Å². The number of amides is 1. The third-order valence-electron chi connectivity index (χ3n) is 5.45. The molecule has 5 nitrogen and oxygen atoms in total. The van der Waals surface area contributed by atoms with Crippen LogP contribution in [0.3, 0.4) is 0 Å². The first-order valence-electron chi connectivity index (χ1n) is 9.86. The van der Waals surface area contributed by atoms with E-state index in [4.69, 9.17) is 0 Å². The molecular formula is C22H27FN2O3S. The van der Waals surface area contributed by atoms with Gasteiger partial charge in [-0.2, -0.15) is 4.31 Å². The molecule has 0 spiro atoms. The number of anilines is 1. The lowest BCUT2D eigenvalue weighted by Gasteiger charge is -2.31. The third-order valence-corrected chi connectivity index (χ3v) is 7.36. The minimum atomic E-state index is -3.68. The van der Waals surface area contributed by atoms with Crippen LogP contribution in [-0.2, 0) is 14.8 Å². The molecule has 0 aromatic heterocycles. The Balaban J connectivity index is 1.67. The maximum absolute atomic E-state index is 13.1. The number of hydrogen-bond acceptors (Lipinski definition) is 3. The molecule has 1 saturated heterocycles. The Kier molecular flexibility index (Phi) is 6.39. The van der Waals surface area contributed by atoms with E-state index < -0.39 is 15.8 Å². The molecule has 1 heterocycles. The van der Waals surface area contributed by atoms with Gasteiger partial charge in [0.05, 0.1) is 4.90 Å². The van der Waals surface area contributed by atoms with E-state index >= 15 is 0 Å². The fourth-order valence-corrected chi connectivity index (χ4v) is 5.15. The molecule has 3 rings (SSSR count). The zero-order chi connectivity index (χ0) is 21.2. The summed E-state index contributed by atoms with van der Waals surface area (Å²) in [5, 5.41) is 3.07. The predicted octanol–water partition coefficient (Wildman–Crippen LogP) is 4.30. The summed E-state index contributed by atoms with van der Waals surface area (Å²) in [6.45, 7) is 6.68. The van der Waals surface area contributed by atoms with Crippen LogP contribution in [-0.4, -0.2) is 31.7 Å². The van der Waals surface area contributed by atoms with Gasteiger partial charge in [-0.1, -0.05) is 32.0 Å². The quantitative estimate of drug-likeness (QED) is 0.787. The number of hydrogen-bond donors (Lipinski definition) is 1. The first-order valence-corrected chi connectivity index (χ1v) is 11.3. The summed E-state index contributed by atoms with van der Waals surface area (Å²) in [7, 11) is -3.68. The number of nitrogens with zero attached hydrogens (tertiary/aromatic N) is 1. The minimum Gasteiger partial charge on any atom is -0.325 e. The Morgan fingerprint density at radius 3 is 2.31 bits per heavy atom. The number of piperidine rings is 1. The second-order valence-electron chi connectivity index (χ2n) is 7.82. The Morgan fingerprint density at radius 1 is 1.10 bits per heavy atom. The summed E-state index contributed by atoms with van der Waals surface area (Å²) in [5.74, 6) is -0.501. The number of benzene rings is 2. The van der Waals surface area contributed by atoms with E-state index in [1.54, 1.807) is 0 Å². The fourth-order valence-electron chi connectivity index (χ4n) is 3.68. The largest absolute Gasteiger partial charge is 0.325 e. The minimum absolute atomic E-state index is 0.0694. The van der Waals surface area contributed by atoms with Crippen LogP contribution in [0.15, 0.2) is 47.4 Å². The topological polar surface area (TPSA) is 66.5 Å². The highest BCUT2D eigenvalue weighted by Gasteiger charge is 2.32. The summed E-state index contributed by atoms with van der Waals surface area (Å²) in [6, 6.07) is 10.8. The molecule has 0 saturated carbocycles. The van der Waals surface area contributed by atoms with Gasteiger partial charge in [0.15, 0.2) is 0 Å². The standard InChI is InChI=1S/C22H27FN2O3S/c1-15(2)20-6-4-5-16(3)21(20)24-22(26)17-11-13-25(14-12-17)29(27,28)19-9-7-18(23)8-10-19/h4-10,15,17H,11-14H2,1-3H3,(H,24,26). The Bertz CT molecular complexity index is 980. The van der Waals surface area contributed by atoms with Gasteiger partial charge in [-0.25, -0.2) is 12.8 Å². The molecule has 0 radical (unpaired) electrons.